The van der Waals surface area contributed by atoms with Gasteiger partial charge in [-0.1, -0.05) is 12.1 Å². The molecule has 2 aromatic carbocycles. The molecule has 0 bridgehead atoms. The first-order chi connectivity index (χ1) is 12.4. The molecule has 1 heterocycles. The maximum absolute atomic E-state index is 13.7. The minimum Gasteiger partial charge on any atom is -0.421 e. The summed E-state index contributed by atoms with van der Waals surface area (Å²) in [5.74, 6) is -0.805. The summed E-state index contributed by atoms with van der Waals surface area (Å²) in [6, 6.07) is 9.40. The van der Waals surface area contributed by atoms with E-state index in [-0.39, 0.29) is 35.2 Å². The summed E-state index contributed by atoms with van der Waals surface area (Å²) in [6.07, 6.45) is 0.126. The van der Waals surface area contributed by atoms with Gasteiger partial charge in [-0.3, -0.25) is 0 Å². The zero-order chi connectivity index (χ0) is 18.7. The summed E-state index contributed by atoms with van der Waals surface area (Å²) < 4.78 is 59.1. The van der Waals surface area contributed by atoms with Crippen LogP contribution in [-0.4, -0.2) is 25.2 Å². The number of rotatable bonds is 6. The third-order valence-corrected chi connectivity index (χ3v) is 5.25. The van der Waals surface area contributed by atoms with E-state index in [9.17, 15) is 17.2 Å². The molecule has 0 spiro atoms. The molecule has 0 saturated carbocycles. The van der Waals surface area contributed by atoms with Crippen LogP contribution in [0.2, 0.25) is 0 Å². The number of aryl methyl sites for hydroxylation is 1. The lowest BCUT2D eigenvalue weighted by Gasteiger charge is -2.08. The number of nitrogens with one attached hydrogen (secondary N) is 1. The van der Waals surface area contributed by atoms with Gasteiger partial charge < -0.3 is 4.42 Å². The Kier molecular flexibility index (Phi) is 5.10. The molecule has 1 N–H and O–H groups in total. The molecule has 0 radical (unpaired) electrons. The summed E-state index contributed by atoms with van der Waals surface area (Å²) >= 11 is 0. The van der Waals surface area contributed by atoms with Crippen molar-refractivity contribution in [2.45, 2.75) is 18.2 Å². The highest BCUT2D eigenvalue weighted by atomic mass is 32.2. The standard InChI is InChI=1S/C17H15F2N3O3S/c1-11-10-12(18)6-7-15(11)26(23,24)20-9-8-16-21-22-17(25-16)13-4-2-3-5-14(13)19/h2-7,10,20H,8-9H2,1H3. The quantitative estimate of drug-likeness (QED) is 0.712. The molecule has 0 fully saturated rings. The van der Waals surface area contributed by atoms with Gasteiger partial charge in [0.1, 0.15) is 11.6 Å². The minimum absolute atomic E-state index is 0.00193. The molecule has 0 atom stereocenters. The van der Waals surface area contributed by atoms with Crippen molar-refractivity contribution in [1.29, 1.82) is 0 Å². The van der Waals surface area contributed by atoms with Gasteiger partial charge in [0.2, 0.25) is 15.9 Å². The summed E-state index contributed by atoms with van der Waals surface area (Å²) in [4.78, 5) is -0.00326. The van der Waals surface area contributed by atoms with Gasteiger partial charge in [-0.15, -0.1) is 10.2 Å². The van der Waals surface area contributed by atoms with E-state index in [2.05, 4.69) is 14.9 Å². The van der Waals surface area contributed by atoms with E-state index in [4.69, 9.17) is 4.42 Å². The van der Waals surface area contributed by atoms with Crippen molar-refractivity contribution in [3.8, 4) is 11.5 Å². The SMILES string of the molecule is Cc1cc(F)ccc1S(=O)(=O)NCCc1nnc(-c2ccccc2F)o1. The summed E-state index contributed by atoms with van der Waals surface area (Å²) in [5.41, 5.74) is 0.478. The number of aromatic nitrogens is 2. The second-order valence-corrected chi connectivity index (χ2v) is 7.27. The minimum atomic E-state index is -3.80. The molecule has 0 aliphatic carbocycles. The largest absolute Gasteiger partial charge is 0.421 e. The molecule has 6 nitrogen and oxygen atoms in total. The van der Waals surface area contributed by atoms with Crippen molar-refractivity contribution in [3.63, 3.8) is 0 Å². The molecule has 0 saturated heterocycles. The highest BCUT2D eigenvalue weighted by Gasteiger charge is 2.18. The van der Waals surface area contributed by atoms with E-state index in [0.29, 0.717) is 5.56 Å². The van der Waals surface area contributed by atoms with Crippen LogP contribution in [0.3, 0.4) is 0 Å². The number of sulfonamides is 1. The van der Waals surface area contributed by atoms with E-state index in [1.807, 2.05) is 0 Å². The monoisotopic (exact) mass is 379 g/mol. The fourth-order valence-electron chi connectivity index (χ4n) is 2.38. The molecule has 1 aromatic heterocycles. The summed E-state index contributed by atoms with van der Waals surface area (Å²) in [5, 5.41) is 7.56. The summed E-state index contributed by atoms with van der Waals surface area (Å²) in [6.45, 7) is 1.51. The molecule has 3 aromatic rings. The Balaban J connectivity index is 1.66. The van der Waals surface area contributed by atoms with Crippen LogP contribution in [0.4, 0.5) is 8.78 Å². The van der Waals surface area contributed by atoms with Gasteiger partial charge in [0, 0.05) is 13.0 Å². The molecule has 0 amide bonds. The second kappa shape index (κ2) is 7.30. The molecule has 0 aliphatic heterocycles. The normalized spacial score (nSPS) is 11.7. The topological polar surface area (TPSA) is 85.1 Å². The average Bonchev–Trinajstić information content (AvgIpc) is 3.03. The highest BCUT2D eigenvalue weighted by molar-refractivity contribution is 7.89. The van der Waals surface area contributed by atoms with Gasteiger partial charge in [0.25, 0.3) is 5.89 Å². The number of halogens is 2. The Morgan fingerprint density at radius 2 is 1.88 bits per heavy atom. The first kappa shape index (κ1) is 18.2. The van der Waals surface area contributed by atoms with Crippen LogP contribution in [0.15, 0.2) is 51.8 Å². The van der Waals surface area contributed by atoms with Gasteiger partial charge in [-0.2, -0.15) is 0 Å². The van der Waals surface area contributed by atoms with Crippen LogP contribution in [0.5, 0.6) is 0 Å². The predicted molar refractivity (Wildman–Crippen MR) is 89.7 cm³/mol. The smallest absolute Gasteiger partial charge is 0.250 e. The van der Waals surface area contributed by atoms with Gasteiger partial charge >= 0.3 is 0 Å². The third kappa shape index (κ3) is 3.94. The summed E-state index contributed by atoms with van der Waals surface area (Å²) in [7, 11) is -3.80. The number of hydrogen-bond acceptors (Lipinski definition) is 5. The third-order valence-electron chi connectivity index (χ3n) is 3.63. The molecular formula is C17H15F2N3O3S. The van der Waals surface area contributed by atoms with Crippen molar-refractivity contribution < 1.29 is 21.6 Å². The molecule has 26 heavy (non-hydrogen) atoms. The van der Waals surface area contributed by atoms with Gasteiger partial charge in [-0.25, -0.2) is 21.9 Å². The fourth-order valence-corrected chi connectivity index (χ4v) is 3.64. The van der Waals surface area contributed by atoms with E-state index < -0.39 is 21.7 Å². The van der Waals surface area contributed by atoms with Crippen LogP contribution in [0.25, 0.3) is 11.5 Å². The Labute approximate surface area is 148 Å². The fraction of sp³-hybridized carbons (Fsp3) is 0.176. The van der Waals surface area contributed by atoms with Crippen LogP contribution in [0, 0.1) is 18.6 Å². The lowest BCUT2D eigenvalue weighted by molar-refractivity contribution is 0.498. The average molecular weight is 379 g/mol. The second-order valence-electron chi connectivity index (χ2n) is 5.54. The van der Waals surface area contributed by atoms with E-state index in [1.165, 1.54) is 25.1 Å². The van der Waals surface area contributed by atoms with Gasteiger partial charge in [-0.05, 0) is 42.8 Å². The van der Waals surface area contributed by atoms with Gasteiger partial charge in [0.05, 0.1) is 10.5 Å². The van der Waals surface area contributed by atoms with Crippen molar-refractivity contribution in [2.24, 2.45) is 0 Å². The van der Waals surface area contributed by atoms with E-state index >= 15 is 0 Å². The van der Waals surface area contributed by atoms with E-state index in [0.717, 1.165) is 12.1 Å². The van der Waals surface area contributed by atoms with Crippen LogP contribution >= 0.6 is 0 Å². The molecular weight excluding hydrogens is 364 g/mol. The maximum Gasteiger partial charge on any atom is 0.250 e. The van der Waals surface area contributed by atoms with Crippen LogP contribution in [-0.2, 0) is 16.4 Å². The lowest BCUT2D eigenvalue weighted by atomic mass is 10.2. The Bertz CT molecular complexity index is 1040. The van der Waals surface area contributed by atoms with Crippen molar-refractivity contribution in [1.82, 2.24) is 14.9 Å². The van der Waals surface area contributed by atoms with E-state index in [1.54, 1.807) is 12.1 Å². The van der Waals surface area contributed by atoms with Crippen molar-refractivity contribution in [3.05, 3.63) is 65.6 Å². The Morgan fingerprint density at radius 1 is 1.12 bits per heavy atom. The zero-order valence-corrected chi connectivity index (χ0v) is 14.6. The highest BCUT2D eigenvalue weighted by Crippen LogP contribution is 2.21. The molecule has 0 aliphatic rings. The molecule has 136 valence electrons. The van der Waals surface area contributed by atoms with Gasteiger partial charge in [0.15, 0.2) is 0 Å². The predicted octanol–water partition coefficient (Wildman–Crippen LogP) is 2.84. The van der Waals surface area contributed by atoms with Crippen LogP contribution < -0.4 is 4.72 Å². The molecule has 9 heteroatoms. The number of benzene rings is 2. The van der Waals surface area contributed by atoms with Crippen molar-refractivity contribution >= 4 is 10.0 Å². The molecule has 0 unspecified atom stereocenters. The first-order valence-corrected chi connectivity index (χ1v) is 9.18. The number of nitrogens with zero attached hydrogens (tertiary/aromatic N) is 2. The first-order valence-electron chi connectivity index (χ1n) is 7.70. The Hall–Kier alpha value is -2.65. The molecule has 3 rings (SSSR count). The van der Waals surface area contributed by atoms with Crippen LogP contribution in [0.1, 0.15) is 11.5 Å². The van der Waals surface area contributed by atoms with Crippen molar-refractivity contribution in [2.75, 3.05) is 6.54 Å². The Morgan fingerprint density at radius 3 is 2.62 bits per heavy atom. The zero-order valence-electron chi connectivity index (χ0n) is 13.7. The number of hydrogen-bond donors (Lipinski definition) is 1. The lowest BCUT2D eigenvalue weighted by Crippen LogP contribution is -2.26. The maximum atomic E-state index is 13.7.